The van der Waals surface area contributed by atoms with Gasteiger partial charge < -0.3 is 10.1 Å². The minimum absolute atomic E-state index is 0.103. The third kappa shape index (κ3) is 3.29. The van der Waals surface area contributed by atoms with E-state index in [9.17, 15) is 9.18 Å². The van der Waals surface area contributed by atoms with Crippen LogP contribution in [0, 0.1) is 5.82 Å². The molecule has 19 heavy (non-hydrogen) atoms. The first-order valence-corrected chi connectivity index (χ1v) is 6.68. The highest BCUT2D eigenvalue weighted by Crippen LogP contribution is 2.21. The molecule has 0 aliphatic rings. The molecule has 6 heteroatoms. The Morgan fingerprint density at radius 3 is 3.00 bits per heavy atom. The van der Waals surface area contributed by atoms with Crippen LogP contribution < -0.4 is 5.32 Å². The number of aromatic nitrogens is 1. The molecular weight excluding hydrogens is 267 g/mol. The van der Waals surface area contributed by atoms with Crippen molar-refractivity contribution >= 4 is 22.3 Å². The van der Waals surface area contributed by atoms with Gasteiger partial charge in [-0.3, -0.25) is 0 Å². The third-order valence-electron chi connectivity index (χ3n) is 2.41. The summed E-state index contributed by atoms with van der Waals surface area (Å²) >= 11 is 1.33. The summed E-state index contributed by atoms with van der Waals surface area (Å²) in [5.74, 6) is -0.944. The minimum atomic E-state index is -0.555. The Labute approximate surface area is 114 Å². The zero-order chi connectivity index (χ0) is 13.7. The topological polar surface area (TPSA) is 51.2 Å². The number of halogens is 1. The van der Waals surface area contributed by atoms with Crippen LogP contribution in [-0.4, -0.2) is 17.5 Å². The maximum atomic E-state index is 13.4. The molecule has 1 aromatic carbocycles. The van der Waals surface area contributed by atoms with Gasteiger partial charge >= 0.3 is 5.97 Å². The molecule has 0 aliphatic heterocycles. The first kappa shape index (κ1) is 13.5. The third-order valence-corrected chi connectivity index (χ3v) is 3.20. The zero-order valence-corrected chi connectivity index (χ0v) is 11.2. The first-order valence-electron chi connectivity index (χ1n) is 5.80. The Morgan fingerprint density at radius 2 is 2.26 bits per heavy atom. The number of thiazole rings is 1. The summed E-state index contributed by atoms with van der Waals surface area (Å²) in [6.07, 6.45) is 0. The highest BCUT2D eigenvalue weighted by atomic mass is 32.1. The number of nitrogens with one attached hydrogen (secondary N) is 1. The lowest BCUT2D eigenvalue weighted by Gasteiger charge is -2.06. The van der Waals surface area contributed by atoms with Crippen LogP contribution in [0.2, 0.25) is 0 Å². The van der Waals surface area contributed by atoms with Crippen LogP contribution in [0.15, 0.2) is 29.8 Å². The van der Waals surface area contributed by atoms with Gasteiger partial charge in [0.2, 0.25) is 0 Å². The number of rotatable bonds is 5. The van der Waals surface area contributed by atoms with Crippen LogP contribution in [0.25, 0.3) is 0 Å². The molecule has 0 spiro atoms. The number of carbonyl (C=O) groups is 1. The van der Waals surface area contributed by atoms with E-state index in [2.05, 4.69) is 10.3 Å². The molecule has 1 N–H and O–H groups in total. The summed E-state index contributed by atoms with van der Waals surface area (Å²) in [4.78, 5) is 15.8. The van der Waals surface area contributed by atoms with Gasteiger partial charge in [0.05, 0.1) is 5.51 Å². The fourth-order valence-corrected chi connectivity index (χ4v) is 2.24. The Hall–Kier alpha value is -1.95. The average Bonchev–Trinajstić information content (AvgIpc) is 2.86. The summed E-state index contributed by atoms with van der Waals surface area (Å²) in [5.41, 5.74) is 2.15. The molecule has 100 valence electrons. The van der Waals surface area contributed by atoms with Crippen LogP contribution in [0.5, 0.6) is 0 Å². The SMILES string of the molecule is CCNc1scnc1C(=O)OCc1ccccc1F. The fourth-order valence-electron chi connectivity index (χ4n) is 1.50. The largest absolute Gasteiger partial charge is 0.456 e. The highest BCUT2D eigenvalue weighted by molar-refractivity contribution is 7.14. The van der Waals surface area contributed by atoms with E-state index in [4.69, 9.17) is 4.74 Å². The number of hydrogen-bond acceptors (Lipinski definition) is 5. The van der Waals surface area contributed by atoms with E-state index in [1.54, 1.807) is 23.7 Å². The quantitative estimate of drug-likeness (QED) is 0.855. The molecule has 1 aromatic heterocycles. The average molecular weight is 280 g/mol. The molecule has 0 bridgehead atoms. The smallest absolute Gasteiger partial charge is 0.360 e. The van der Waals surface area contributed by atoms with Crippen molar-refractivity contribution in [3.8, 4) is 0 Å². The van der Waals surface area contributed by atoms with Gasteiger partial charge in [-0.25, -0.2) is 14.2 Å². The Balaban J connectivity index is 2.02. The maximum absolute atomic E-state index is 13.4. The van der Waals surface area contributed by atoms with Crippen molar-refractivity contribution in [2.75, 3.05) is 11.9 Å². The molecule has 0 radical (unpaired) electrons. The molecule has 0 amide bonds. The number of hydrogen-bond donors (Lipinski definition) is 1. The van der Waals surface area contributed by atoms with Crippen LogP contribution >= 0.6 is 11.3 Å². The first-order chi connectivity index (χ1) is 9.22. The molecule has 4 nitrogen and oxygen atoms in total. The van der Waals surface area contributed by atoms with E-state index in [-0.39, 0.29) is 18.1 Å². The van der Waals surface area contributed by atoms with Crippen molar-refractivity contribution in [1.29, 1.82) is 0 Å². The number of ether oxygens (including phenoxy) is 1. The lowest BCUT2D eigenvalue weighted by molar-refractivity contribution is 0.0464. The van der Waals surface area contributed by atoms with Gasteiger partial charge in [-0.2, -0.15) is 0 Å². The Morgan fingerprint density at radius 1 is 1.47 bits per heavy atom. The standard InChI is InChI=1S/C13H13FN2O2S/c1-2-15-12-11(16-8-19-12)13(17)18-7-9-5-3-4-6-10(9)14/h3-6,8,15H,2,7H2,1H3. The molecule has 0 atom stereocenters. The number of esters is 1. The zero-order valence-electron chi connectivity index (χ0n) is 10.4. The molecule has 0 fully saturated rings. The van der Waals surface area contributed by atoms with Crippen LogP contribution in [-0.2, 0) is 11.3 Å². The number of nitrogens with zero attached hydrogens (tertiary/aromatic N) is 1. The summed E-state index contributed by atoms with van der Waals surface area (Å²) in [6.45, 7) is 2.51. The van der Waals surface area contributed by atoms with Crippen LogP contribution in [0.1, 0.15) is 23.0 Å². The van der Waals surface area contributed by atoms with Gasteiger partial charge in [0.1, 0.15) is 17.4 Å². The molecule has 0 unspecified atom stereocenters. The molecule has 2 rings (SSSR count). The lowest BCUT2D eigenvalue weighted by Crippen LogP contribution is -2.09. The van der Waals surface area contributed by atoms with E-state index in [1.807, 2.05) is 6.92 Å². The maximum Gasteiger partial charge on any atom is 0.360 e. The van der Waals surface area contributed by atoms with Gasteiger partial charge in [0, 0.05) is 12.1 Å². The van der Waals surface area contributed by atoms with Crippen molar-refractivity contribution in [3.05, 3.63) is 46.9 Å². The number of benzene rings is 1. The Kier molecular flexibility index (Phi) is 4.46. The van der Waals surface area contributed by atoms with Gasteiger partial charge in [-0.05, 0) is 13.0 Å². The summed E-state index contributed by atoms with van der Waals surface area (Å²) < 4.78 is 18.4. The Bertz CT molecular complexity index is 571. The normalized spacial score (nSPS) is 10.2. The lowest BCUT2D eigenvalue weighted by atomic mass is 10.2. The number of anilines is 1. The number of carbonyl (C=O) groups excluding carboxylic acids is 1. The molecule has 0 saturated heterocycles. The summed E-state index contributed by atoms with van der Waals surface area (Å²) in [7, 11) is 0. The van der Waals surface area contributed by atoms with E-state index >= 15 is 0 Å². The fraction of sp³-hybridized carbons (Fsp3) is 0.231. The predicted molar refractivity (Wildman–Crippen MR) is 71.8 cm³/mol. The van der Waals surface area contributed by atoms with E-state index in [1.165, 1.54) is 17.4 Å². The van der Waals surface area contributed by atoms with Gasteiger partial charge in [0.15, 0.2) is 5.69 Å². The van der Waals surface area contributed by atoms with Gasteiger partial charge in [-0.1, -0.05) is 18.2 Å². The predicted octanol–water partition coefficient (Wildman–Crippen LogP) is 3.07. The van der Waals surface area contributed by atoms with Crippen molar-refractivity contribution in [3.63, 3.8) is 0 Å². The van der Waals surface area contributed by atoms with Crippen molar-refractivity contribution in [2.45, 2.75) is 13.5 Å². The molecule has 1 heterocycles. The van der Waals surface area contributed by atoms with Crippen molar-refractivity contribution in [1.82, 2.24) is 4.98 Å². The minimum Gasteiger partial charge on any atom is -0.456 e. The van der Waals surface area contributed by atoms with E-state index < -0.39 is 5.97 Å². The van der Waals surface area contributed by atoms with Crippen molar-refractivity contribution < 1.29 is 13.9 Å². The van der Waals surface area contributed by atoms with Gasteiger partial charge in [-0.15, -0.1) is 11.3 Å². The van der Waals surface area contributed by atoms with E-state index in [0.717, 1.165) is 0 Å². The van der Waals surface area contributed by atoms with Crippen LogP contribution in [0.4, 0.5) is 9.39 Å². The molecule has 2 aromatic rings. The second-order valence-corrected chi connectivity index (χ2v) is 4.58. The van der Waals surface area contributed by atoms with Crippen molar-refractivity contribution in [2.24, 2.45) is 0 Å². The molecule has 0 saturated carbocycles. The summed E-state index contributed by atoms with van der Waals surface area (Å²) in [5, 5.41) is 3.70. The second-order valence-electron chi connectivity index (χ2n) is 3.73. The van der Waals surface area contributed by atoms with Gasteiger partial charge in [0.25, 0.3) is 0 Å². The van der Waals surface area contributed by atoms with Crippen LogP contribution in [0.3, 0.4) is 0 Å². The second kappa shape index (κ2) is 6.29. The highest BCUT2D eigenvalue weighted by Gasteiger charge is 2.16. The summed E-state index contributed by atoms with van der Waals surface area (Å²) in [6, 6.07) is 6.19. The monoisotopic (exact) mass is 280 g/mol. The molecule has 0 aliphatic carbocycles. The van der Waals surface area contributed by atoms with E-state index in [0.29, 0.717) is 17.1 Å². The molecular formula is C13H13FN2O2S.